The molecule has 0 aliphatic carbocycles. The quantitative estimate of drug-likeness (QED) is 0.658. The Morgan fingerprint density at radius 3 is 2.64 bits per heavy atom. The van der Waals surface area contributed by atoms with Crippen molar-refractivity contribution >= 4 is 5.78 Å². The molecule has 1 aromatic heterocycles. The molecular weight excluding hydrogens is 176 g/mol. The molecule has 0 aliphatic heterocycles. The molecule has 1 N–H and O–H groups in total. The van der Waals surface area contributed by atoms with Gasteiger partial charge in [-0.3, -0.25) is 4.79 Å². The molecule has 0 amide bonds. The molecule has 2 rings (SSSR count). The average molecular weight is 185 g/mol. The zero-order valence-electron chi connectivity index (χ0n) is 7.47. The maximum Gasteiger partial charge on any atom is 0.217 e. The van der Waals surface area contributed by atoms with Crippen LogP contribution in [-0.2, 0) is 0 Å². The van der Waals surface area contributed by atoms with E-state index in [1.54, 1.807) is 30.7 Å². The van der Waals surface area contributed by atoms with Crippen molar-refractivity contribution in [1.82, 2.24) is 4.98 Å². The molecule has 2 aromatic rings. The smallest absolute Gasteiger partial charge is 0.217 e. The molecule has 14 heavy (non-hydrogen) atoms. The van der Waals surface area contributed by atoms with Crippen molar-refractivity contribution in [1.29, 1.82) is 0 Å². The summed E-state index contributed by atoms with van der Waals surface area (Å²) in [5.74, 6) is -0.0672. The number of ketones is 1. The second-order valence-corrected chi connectivity index (χ2v) is 2.84. The van der Waals surface area contributed by atoms with E-state index in [4.69, 9.17) is 0 Å². The lowest BCUT2D eigenvalue weighted by Crippen LogP contribution is -2.10. The lowest BCUT2D eigenvalue weighted by Gasteiger charge is -1.95. The Balaban J connectivity index is 2.35. The minimum Gasteiger partial charge on any atom is -0.287 e. The molecule has 0 atom stereocenters. The van der Waals surface area contributed by atoms with E-state index in [1.165, 1.54) is 0 Å². The average Bonchev–Trinajstić information content (AvgIpc) is 2.30. The number of hydrogen-bond donors (Lipinski definition) is 0. The first-order valence-electron chi connectivity index (χ1n) is 4.30. The van der Waals surface area contributed by atoms with Gasteiger partial charge >= 0.3 is 0 Å². The van der Waals surface area contributed by atoms with E-state index < -0.39 is 0 Å². The summed E-state index contributed by atoms with van der Waals surface area (Å²) in [5.41, 5.74) is 1.08. The van der Waals surface area contributed by atoms with Crippen molar-refractivity contribution in [2.24, 2.45) is 0 Å². The summed E-state index contributed by atoms with van der Waals surface area (Å²) in [4.78, 5) is 18.6. The van der Waals surface area contributed by atoms with Gasteiger partial charge in [-0.05, 0) is 0 Å². The SMILES string of the molecule is O=C(c1ccccc1)c1c[nH+]ccn1. The highest BCUT2D eigenvalue weighted by Crippen LogP contribution is 2.04. The van der Waals surface area contributed by atoms with Gasteiger partial charge in [0, 0.05) is 5.56 Å². The fourth-order valence-electron chi connectivity index (χ4n) is 1.19. The third-order valence-corrected chi connectivity index (χ3v) is 1.87. The molecule has 1 heterocycles. The Hall–Kier alpha value is -2.03. The summed E-state index contributed by atoms with van der Waals surface area (Å²) < 4.78 is 0. The summed E-state index contributed by atoms with van der Waals surface area (Å²) in [6, 6.07) is 9.09. The Labute approximate surface area is 81.5 Å². The first-order valence-corrected chi connectivity index (χ1v) is 4.30. The van der Waals surface area contributed by atoms with Gasteiger partial charge in [-0.2, -0.15) is 0 Å². The van der Waals surface area contributed by atoms with Gasteiger partial charge < -0.3 is 0 Å². The van der Waals surface area contributed by atoms with E-state index in [0.717, 1.165) is 0 Å². The zero-order valence-corrected chi connectivity index (χ0v) is 7.47. The summed E-state index contributed by atoms with van der Waals surface area (Å²) in [5, 5.41) is 0. The number of carbonyl (C=O) groups is 1. The lowest BCUT2D eigenvalue weighted by atomic mass is 10.1. The highest BCUT2D eigenvalue weighted by atomic mass is 16.1. The Morgan fingerprint density at radius 2 is 2.00 bits per heavy atom. The highest BCUT2D eigenvalue weighted by molar-refractivity contribution is 6.07. The minimum absolute atomic E-state index is 0.0672. The van der Waals surface area contributed by atoms with Crippen LogP contribution in [-0.4, -0.2) is 10.8 Å². The highest BCUT2D eigenvalue weighted by Gasteiger charge is 2.10. The zero-order chi connectivity index (χ0) is 9.80. The largest absolute Gasteiger partial charge is 0.287 e. The Morgan fingerprint density at radius 1 is 1.21 bits per heavy atom. The number of rotatable bonds is 2. The van der Waals surface area contributed by atoms with Crippen molar-refractivity contribution in [3.63, 3.8) is 0 Å². The molecule has 0 aliphatic rings. The second-order valence-electron chi connectivity index (χ2n) is 2.84. The normalized spacial score (nSPS) is 9.71. The maximum atomic E-state index is 11.8. The van der Waals surface area contributed by atoms with Gasteiger partial charge in [0.15, 0.2) is 18.1 Å². The van der Waals surface area contributed by atoms with E-state index in [9.17, 15) is 4.79 Å². The van der Waals surface area contributed by atoms with Crippen LogP contribution in [0.3, 0.4) is 0 Å². The number of nitrogens with zero attached hydrogens (tertiary/aromatic N) is 1. The third-order valence-electron chi connectivity index (χ3n) is 1.87. The van der Waals surface area contributed by atoms with Crippen LogP contribution < -0.4 is 4.98 Å². The number of aromatic nitrogens is 2. The van der Waals surface area contributed by atoms with Gasteiger partial charge in [-0.15, -0.1) is 0 Å². The number of aromatic amines is 1. The summed E-state index contributed by atoms with van der Waals surface area (Å²) in [7, 11) is 0. The van der Waals surface area contributed by atoms with Gasteiger partial charge in [0.05, 0.1) is 6.20 Å². The molecule has 0 radical (unpaired) electrons. The van der Waals surface area contributed by atoms with Crippen LogP contribution in [0, 0.1) is 0 Å². The van der Waals surface area contributed by atoms with E-state index in [0.29, 0.717) is 11.3 Å². The van der Waals surface area contributed by atoms with Crippen LogP contribution in [0.2, 0.25) is 0 Å². The Kier molecular flexibility index (Phi) is 2.32. The topological polar surface area (TPSA) is 44.1 Å². The van der Waals surface area contributed by atoms with Crippen molar-refractivity contribution in [2.45, 2.75) is 0 Å². The van der Waals surface area contributed by atoms with E-state index in [1.807, 2.05) is 18.2 Å². The van der Waals surface area contributed by atoms with Crippen LogP contribution in [0.1, 0.15) is 16.1 Å². The summed E-state index contributed by atoms with van der Waals surface area (Å²) in [6.45, 7) is 0. The fraction of sp³-hybridized carbons (Fsp3) is 0. The van der Waals surface area contributed by atoms with E-state index in [2.05, 4.69) is 9.97 Å². The number of hydrogen-bond acceptors (Lipinski definition) is 2. The van der Waals surface area contributed by atoms with Crippen LogP contribution in [0.4, 0.5) is 0 Å². The molecule has 3 heteroatoms. The molecule has 0 unspecified atom stereocenters. The molecule has 3 nitrogen and oxygen atoms in total. The molecule has 0 fully saturated rings. The second kappa shape index (κ2) is 3.79. The molecule has 68 valence electrons. The van der Waals surface area contributed by atoms with Crippen molar-refractivity contribution < 1.29 is 9.78 Å². The molecule has 0 spiro atoms. The molecular formula is C11H9N2O+. The van der Waals surface area contributed by atoms with Gasteiger partial charge in [0.1, 0.15) is 0 Å². The predicted molar refractivity (Wildman–Crippen MR) is 50.7 cm³/mol. The molecule has 0 bridgehead atoms. The first kappa shape index (κ1) is 8.56. The van der Waals surface area contributed by atoms with Gasteiger partial charge in [-0.1, -0.05) is 30.3 Å². The number of H-pyrrole nitrogens is 1. The lowest BCUT2D eigenvalue weighted by molar-refractivity contribution is -0.379. The van der Waals surface area contributed by atoms with Gasteiger partial charge in [0.25, 0.3) is 0 Å². The molecule has 0 saturated carbocycles. The number of nitrogens with one attached hydrogen (secondary N) is 1. The summed E-state index contributed by atoms with van der Waals surface area (Å²) >= 11 is 0. The number of carbonyl (C=O) groups excluding carboxylic acids is 1. The van der Waals surface area contributed by atoms with Crippen LogP contribution in [0.15, 0.2) is 48.9 Å². The van der Waals surface area contributed by atoms with Crippen molar-refractivity contribution in [2.75, 3.05) is 0 Å². The molecule has 1 aromatic carbocycles. The van der Waals surface area contributed by atoms with Crippen LogP contribution >= 0.6 is 0 Å². The van der Waals surface area contributed by atoms with E-state index >= 15 is 0 Å². The van der Waals surface area contributed by atoms with Crippen molar-refractivity contribution in [3.05, 3.63) is 60.2 Å². The van der Waals surface area contributed by atoms with Crippen LogP contribution in [0.5, 0.6) is 0 Å². The molecule has 0 saturated heterocycles. The minimum atomic E-state index is -0.0672. The predicted octanol–water partition coefficient (Wildman–Crippen LogP) is 1.13. The summed E-state index contributed by atoms with van der Waals surface area (Å²) in [6.07, 6.45) is 4.83. The number of benzene rings is 1. The van der Waals surface area contributed by atoms with Gasteiger partial charge in [0.2, 0.25) is 5.78 Å². The standard InChI is InChI=1S/C11H8N2O/c14-11(9-4-2-1-3-5-9)10-8-12-6-7-13-10/h1-8H/p+1. The monoisotopic (exact) mass is 185 g/mol. The fourth-order valence-corrected chi connectivity index (χ4v) is 1.19. The first-order chi connectivity index (χ1) is 6.88. The van der Waals surface area contributed by atoms with Crippen molar-refractivity contribution in [3.8, 4) is 0 Å². The van der Waals surface area contributed by atoms with Gasteiger partial charge in [-0.25, -0.2) is 9.97 Å². The third kappa shape index (κ3) is 1.66. The van der Waals surface area contributed by atoms with E-state index in [-0.39, 0.29) is 5.78 Å². The Bertz CT molecular complexity index is 384. The maximum absolute atomic E-state index is 11.8. The van der Waals surface area contributed by atoms with Crippen LogP contribution in [0.25, 0.3) is 0 Å².